The van der Waals surface area contributed by atoms with E-state index in [0.717, 1.165) is 17.4 Å². The molecule has 0 aliphatic rings. The van der Waals surface area contributed by atoms with Gasteiger partial charge in [-0.05, 0) is 60.0 Å². The summed E-state index contributed by atoms with van der Waals surface area (Å²) in [7, 11) is 0. The lowest BCUT2D eigenvalue weighted by atomic mass is 10.1. The molecule has 4 rings (SSSR count). The van der Waals surface area contributed by atoms with E-state index in [0.29, 0.717) is 34.1 Å². The van der Waals surface area contributed by atoms with Gasteiger partial charge in [0.05, 0.1) is 11.7 Å². The van der Waals surface area contributed by atoms with E-state index in [-0.39, 0.29) is 12.5 Å². The Balaban J connectivity index is 1.51. The first-order valence-corrected chi connectivity index (χ1v) is 10.8. The molecule has 1 aromatic heterocycles. The smallest absolute Gasteiger partial charge is 0.251 e. The quantitative estimate of drug-likeness (QED) is 0.358. The number of amides is 1. The number of carbonyl (C=O) groups is 1. The fraction of sp³-hybridized carbons (Fsp3) is 0.231. The summed E-state index contributed by atoms with van der Waals surface area (Å²) >= 11 is 0. The third kappa shape index (κ3) is 5.37. The number of alkyl halides is 1. The van der Waals surface area contributed by atoms with Crippen LogP contribution in [0.5, 0.6) is 11.5 Å². The molecule has 4 aromatic rings. The summed E-state index contributed by atoms with van der Waals surface area (Å²) in [5, 5.41) is 8.14. The number of benzene rings is 3. The molecule has 1 amide bonds. The van der Waals surface area contributed by atoms with Crippen LogP contribution in [0.4, 0.5) is 8.78 Å². The summed E-state index contributed by atoms with van der Waals surface area (Å²) in [6.45, 7) is 4.50. The van der Waals surface area contributed by atoms with Gasteiger partial charge in [-0.15, -0.1) is 0 Å². The van der Waals surface area contributed by atoms with E-state index in [1.165, 1.54) is 24.3 Å². The van der Waals surface area contributed by atoms with Crippen LogP contribution in [-0.2, 0) is 19.8 Å². The maximum absolute atomic E-state index is 13.9. The second-order valence-electron chi connectivity index (χ2n) is 8.31. The number of nitrogens with zero attached hydrogens (tertiary/aromatic N) is 2. The van der Waals surface area contributed by atoms with Gasteiger partial charge < -0.3 is 10.1 Å². The minimum atomic E-state index is -0.649. The van der Waals surface area contributed by atoms with Crippen molar-refractivity contribution >= 4 is 16.8 Å². The van der Waals surface area contributed by atoms with Crippen LogP contribution < -0.4 is 10.1 Å². The highest BCUT2D eigenvalue weighted by Crippen LogP contribution is 2.29. The van der Waals surface area contributed by atoms with Crippen molar-refractivity contribution in [2.24, 2.45) is 5.92 Å². The maximum Gasteiger partial charge on any atom is 0.251 e. The molecule has 7 heteroatoms. The Morgan fingerprint density at radius 3 is 2.76 bits per heavy atom. The maximum atomic E-state index is 13.9. The van der Waals surface area contributed by atoms with E-state index in [1.54, 1.807) is 24.4 Å². The van der Waals surface area contributed by atoms with Gasteiger partial charge in [0.25, 0.3) is 5.91 Å². The molecule has 0 unspecified atom stereocenters. The van der Waals surface area contributed by atoms with E-state index >= 15 is 0 Å². The average Bonchev–Trinajstić information content (AvgIpc) is 3.20. The molecular weight excluding hydrogens is 424 g/mol. The zero-order chi connectivity index (χ0) is 23.4. The number of carbonyl (C=O) groups excluding carboxylic acids is 1. The van der Waals surface area contributed by atoms with Crippen molar-refractivity contribution in [1.82, 2.24) is 15.1 Å². The van der Waals surface area contributed by atoms with Gasteiger partial charge in [0, 0.05) is 29.6 Å². The molecule has 0 aliphatic heterocycles. The van der Waals surface area contributed by atoms with E-state index in [9.17, 15) is 13.6 Å². The van der Waals surface area contributed by atoms with Crippen molar-refractivity contribution in [2.75, 3.05) is 0 Å². The largest absolute Gasteiger partial charge is 0.457 e. The van der Waals surface area contributed by atoms with Crippen LogP contribution in [0.3, 0.4) is 0 Å². The molecule has 3 aromatic carbocycles. The lowest BCUT2D eigenvalue weighted by Gasteiger charge is -2.13. The molecule has 0 radical (unpaired) electrons. The summed E-state index contributed by atoms with van der Waals surface area (Å²) in [5.74, 6) is 0.681. The summed E-state index contributed by atoms with van der Waals surface area (Å²) in [4.78, 5) is 12.5. The van der Waals surface area contributed by atoms with Crippen LogP contribution in [0.25, 0.3) is 10.9 Å². The molecule has 5 nitrogen and oxygen atoms in total. The summed E-state index contributed by atoms with van der Waals surface area (Å²) in [6.07, 6.45) is 1.79. The first-order valence-electron chi connectivity index (χ1n) is 10.8. The fourth-order valence-corrected chi connectivity index (χ4v) is 3.61. The van der Waals surface area contributed by atoms with Gasteiger partial charge in [0.1, 0.15) is 24.0 Å². The van der Waals surface area contributed by atoms with E-state index in [4.69, 9.17) is 4.74 Å². The van der Waals surface area contributed by atoms with Crippen LogP contribution in [0.2, 0.25) is 0 Å². The molecule has 33 heavy (non-hydrogen) atoms. The highest BCUT2D eigenvalue weighted by molar-refractivity contribution is 5.94. The number of fused-ring (bicyclic) bond motifs is 1. The van der Waals surface area contributed by atoms with Crippen LogP contribution in [-0.4, -0.2) is 15.7 Å². The van der Waals surface area contributed by atoms with Crippen LogP contribution in [0.15, 0.2) is 66.9 Å². The molecule has 170 valence electrons. The number of hydrogen-bond acceptors (Lipinski definition) is 3. The standard InChI is InChI=1S/C26H25F2N3O2/c1-17(2)16-31-24-8-7-23(12-20(24)15-30-31)33-25-9-6-22(28)11-21(25)14-29-26(32)19-5-3-4-18(10-19)13-27/h3-12,15,17H,13-14,16H2,1-2H3,(H,29,32). The fourth-order valence-electron chi connectivity index (χ4n) is 3.61. The van der Waals surface area contributed by atoms with Gasteiger partial charge in [-0.1, -0.05) is 26.0 Å². The Hall–Kier alpha value is -3.74. The van der Waals surface area contributed by atoms with Gasteiger partial charge in [0.15, 0.2) is 0 Å². The number of halogens is 2. The Kier molecular flexibility index (Phi) is 6.68. The third-order valence-corrected chi connectivity index (χ3v) is 5.18. The van der Waals surface area contributed by atoms with Gasteiger partial charge in [-0.25, -0.2) is 8.78 Å². The second-order valence-corrected chi connectivity index (χ2v) is 8.31. The minimum absolute atomic E-state index is 0.0559. The zero-order valence-electron chi connectivity index (χ0n) is 18.5. The van der Waals surface area contributed by atoms with Gasteiger partial charge >= 0.3 is 0 Å². The molecule has 1 N–H and O–H groups in total. The number of hydrogen-bond donors (Lipinski definition) is 1. The first kappa shape index (κ1) is 22.5. The summed E-state index contributed by atoms with van der Waals surface area (Å²) < 4.78 is 34.8. The molecule has 0 saturated carbocycles. The lowest BCUT2D eigenvalue weighted by Crippen LogP contribution is -2.23. The van der Waals surface area contributed by atoms with E-state index in [1.807, 2.05) is 22.9 Å². The first-order chi connectivity index (χ1) is 15.9. The Bertz CT molecular complexity index is 1280. The molecule has 0 aliphatic carbocycles. The van der Waals surface area contributed by atoms with Gasteiger partial charge in [-0.3, -0.25) is 9.48 Å². The number of nitrogens with one attached hydrogen (secondary N) is 1. The topological polar surface area (TPSA) is 56.1 Å². The van der Waals surface area contributed by atoms with Crippen molar-refractivity contribution < 1.29 is 18.3 Å². The van der Waals surface area contributed by atoms with E-state index in [2.05, 4.69) is 24.3 Å². The van der Waals surface area contributed by atoms with Crippen LogP contribution in [0.1, 0.15) is 35.3 Å². The van der Waals surface area contributed by atoms with Crippen molar-refractivity contribution in [3.8, 4) is 11.5 Å². The molecule has 0 fully saturated rings. The molecule has 0 spiro atoms. The molecular formula is C26H25F2N3O2. The monoisotopic (exact) mass is 449 g/mol. The number of rotatable bonds is 8. The predicted molar refractivity (Wildman–Crippen MR) is 123 cm³/mol. The normalized spacial score (nSPS) is 11.2. The highest BCUT2D eigenvalue weighted by Gasteiger charge is 2.12. The molecule has 0 saturated heterocycles. The van der Waals surface area contributed by atoms with Crippen molar-refractivity contribution in [2.45, 2.75) is 33.6 Å². The second kappa shape index (κ2) is 9.81. The summed E-state index contributed by atoms with van der Waals surface area (Å²) in [6, 6.07) is 16.2. The van der Waals surface area contributed by atoms with E-state index < -0.39 is 12.5 Å². The molecule has 1 heterocycles. The third-order valence-electron chi connectivity index (χ3n) is 5.18. The molecule has 0 bridgehead atoms. The van der Waals surface area contributed by atoms with Crippen molar-refractivity contribution in [3.63, 3.8) is 0 Å². The SMILES string of the molecule is CC(C)Cn1ncc2cc(Oc3ccc(F)cc3CNC(=O)c3cccc(CF)c3)ccc21. The number of aromatic nitrogens is 2. The highest BCUT2D eigenvalue weighted by atomic mass is 19.1. The Morgan fingerprint density at radius 1 is 1.12 bits per heavy atom. The summed E-state index contributed by atoms with van der Waals surface area (Å²) in [5.41, 5.74) is 2.26. The average molecular weight is 450 g/mol. The molecule has 0 atom stereocenters. The van der Waals surface area contributed by atoms with Crippen molar-refractivity contribution in [1.29, 1.82) is 0 Å². The minimum Gasteiger partial charge on any atom is -0.457 e. The van der Waals surface area contributed by atoms with Crippen LogP contribution >= 0.6 is 0 Å². The van der Waals surface area contributed by atoms with Crippen LogP contribution in [0, 0.1) is 11.7 Å². The number of ether oxygens (including phenoxy) is 1. The Labute approximate surface area is 191 Å². The van der Waals surface area contributed by atoms with Gasteiger partial charge in [0.2, 0.25) is 0 Å². The predicted octanol–water partition coefficient (Wildman–Crippen LogP) is 6.02. The lowest BCUT2D eigenvalue weighted by molar-refractivity contribution is 0.0950. The van der Waals surface area contributed by atoms with Crippen molar-refractivity contribution in [3.05, 3.63) is 89.4 Å². The zero-order valence-corrected chi connectivity index (χ0v) is 18.5. The Morgan fingerprint density at radius 2 is 1.97 bits per heavy atom. The van der Waals surface area contributed by atoms with Gasteiger partial charge in [-0.2, -0.15) is 5.10 Å².